The van der Waals surface area contributed by atoms with E-state index in [1.165, 1.54) is 0 Å². The number of carbonyl (C=O) groups excluding carboxylic acids is 1. The Morgan fingerprint density at radius 1 is 1.07 bits per heavy atom. The van der Waals surface area contributed by atoms with Crippen LogP contribution in [0.25, 0.3) is 22.6 Å². The van der Waals surface area contributed by atoms with Gasteiger partial charge >= 0.3 is 0 Å². The second-order valence-electron chi connectivity index (χ2n) is 6.66. The van der Waals surface area contributed by atoms with Crippen molar-refractivity contribution in [3.05, 3.63) is 70.2 Å². The van der Waals surface area contributed by atoms with Crippen LogP contribution in [0, 0.1) is 6.92 Å². The highest BCUT2D eigenvalue weighted by Gasteiger charge is 2.15. The van der Waals surface area contributed by atoms with Crippen molar-refractivity contribution in [3.8, 4) is 23.0 Å². The van der Waals surface area contributed by atoms with Gasteiger partial charge in [-0.15, -0.1) is 0 Å². The molecule has 0 unspecified atom stereocenters. The van der Waals surface area contributed by atoms with Crippen molar-refractivity contribution in [2.75, 3.05) is 19.5 Å². The lowest BCUT2D eigenvalue weighted by Gasteiger charge is -2.11. The Morgan fingerprint density at radius 3 is 2.63 bits per heavy atom. The zero-order valence-electron chi connectivity index (χ0n) is 16.7. The second kappa shape index (κ2) is 8.20. The van der Waals surface area contributed by atoms with Gasteiger partial charge in [0.2, 0.25) is 5.89 Å². The van der Waals surface area contributed by atoms with Gasteiger partial charge in [-0.05, 0) is 70.9 Å². The average Bonchev–Trinajstić information content (AvgIpc) is 3.17. The highest BCUT2D eigenvalue weighted by atomic mass is 79.9. The first kappa shape index (κ1) is 20.0. The van der Waals surface area contributed by atoms with Crippen LogP contribution >= 0.6 is 15.9 Å². The van der Waals surface area contributed by atoms with Crippen LogP contribution in [0.5, 0.6) is 11.5 Å². The van der Waals surface area contributed by atoms with Gasteiger partial charge < -0.3 is 19.2 Å². The van der Waals surface area contributed by atoms with Crippen LogP contribution in [0.2, 0.25) is 0 Å². The third-order valence-electron chi connectivity index (χ3n) is 4.70. The zero-order chi connectivity index (χ0) is 21.3. The molecular weight excluding hydrogens is 448 g/mol. The highest BCUT2D eigenvalue weighted by molar-refractivity contribution is 9.10. The van der Waals surface area contributed by atoms with Crippen LogP contribution in [-0.4, -0.2) is 25.1 Å². The molecule has 0 saturated heterocycles. The second-order valence-corrected chi connectivity index (χ2v) is 7.52. The molecule has 0 radical (unpaired) electrons. The highest BCUT2D eigenvalue weighted by Crippen LogP contribution is 2.32. The van der Waals surface area contributed by atoms with Crippen LogP contribution < -0.4 is 14.8 Å². The molecule has 7 heteroatoms. The van der Waals surface area contributed by atoms with E-state index in [-0.39, 0.29) is 5.91 Å². The van der Waals surface area contributed by atoms with Gasteiger partial charge in [0.25, 0.3) is 5.91 Å². The quantitative estimate of drug-likeness (QED) is 0.400. The Kier molecular flexibility index (Phi) is 5.46. The van der Waals surface area contributed by atoms with E-state index in [1.807, 2.05) is 37.3 Å². The Bertz CT molecular complexity index is 1250. The number of benzene rings is 3. The molecule has 30 heavy (non-hydrogen) atoms. The molecule has 1 N–H and O–H groups in total. The van der Waals surface area contributed by atoms with E-state index in [9.17, 15) is 4.79 Å². The van der Waals surface area contributed by atoms with Crippen LogP contribution in [0.3, 0.4) is 0 Å². The van der Waals surface area contributed by atoms with Crippen molar-refractivity contribution >= 4 is 38.6 Å². The number of oxazole rings is 1. The van der Waals surface area contributed by atoms with E-state index in [4.69, 9.17) is 13.9 Å². The molecule has 1 heterocycles. The lowest BCUT2D eigenvalue weighted by molar-refractivity contribution is 0.102. The monoisotopic (exact) mass is 466 g/mol. The van der Waals surface area contributed by atoms with E-state index in [0.29, 0.717) is 34.0 Å². The Balaban J connectivity index is 1.62. The molecule has 4 aromatic rings. The summed E-state index contributed by atoms with van der Waals surface area (Å²) in [5, 5.41) is 2.90. The number of halogens is 1. The molecule has 1 aromatic heterocycles. The minimum atomic E-state index is -0.252. The average molecular weight is 467 g/mol. The standard InChI is InChI=1S/C23H19BrN2O4/c1-13-5-4-6-16(21(13)29-3)22(27)25-15-8-10-20-18(12-15)26-23(30-20)14-7-9-19(28-2)17(24)11-14/h4-12H,1-3H3,(H,25,27). The molecule has 0 atom stereocenters. The lowest BCUT2D eigenvalue weighted by atomic mass is 10.1. The summed E-state index contributed by atoms with van der Waals surface area (Å²) in [5.74, 6) is 1.52. The molecule has 6 nitrogen and oxygen atoms in total. The Morgan fingerprint density at radius 2 is 1.90 bits per heavy atom. The number of fused-ring (bicyclic) bond motifs is 1. The number of rotatable bonds is 5. The van der Waals surface area contributed by atoms with Gasteiger partial charge in [0.1, 0.15) is 17.0 Å². The molecule has 0 bridgehead atoms. The molecule has 1 amide bonds. The number of para-hydroxylation sites is 1. The van der Waals surface area contributed by atoms with E-state index < -0.39 is 0 Å². The Labute approximate surface area is 182 Å². The number of nitrogens with zero attached hydrogens (tertiary/aromatic N) is 1. The number of hydrogen-bond donors (Lipinski definition) is 1. The first-order valence-electron chi connectivity index (χ1n) is 9.19. The summed E-state index contributed by atoms with van der Waals surface area (Å²) in [6, 6.07) is 16.4. The third-order valence-corrected chi connectivity index (χ3v) is 5.32. The van der Waals surface area contributed by atoms with Crippen LogP contribution in [0.4, 0.5) is 5.69 Å². The fourth-order valence-corrected chi connectivity index (χ4v) is 3.77. The van der Waals surface area contributed by atoms with Gasteiger partial charge in [-0.2, -0.15) is 0 Å². The van der Waals surface area contributed by atoms with Crippen LogP contribution in [0.1, 0.15) is 15.9 Å². The number of anilines is 1. The van der Waals surface area contributed by atoms with Crippen molar-refractivity contribution < 1.29 is 18.7 Å². The Hall–Kier alpha value is -3.32. The van der Waals surface area contributed by atoms with Crippen molar-refractivity contribution in [1.29, 1.82) is 0 Å². The van der Waals surface area contributed by atoms with Gasteiger partial charge in [0.05, 0.1) is 24.3 Å². The molecule has 152 valence electrons. The molecule has 0 saturated carbocycles. The summed E-state index contributed by atoms with van der Waals surface area (Å²) >= 11 is 3.47. The van der Waals surface area contributed by atoms with E-state index in [0.717, 1.165) is 21.3 Å². The molecular formula is C23H19BrN2O4. The van der Waals surface area contributed by atoms with Crippen LogP contribution in [0.15, 0.2) is 63.5 Å². The van der Waals surface area contributed by atoms with Crippen LogP contribution in [-0.2, 0) is 0 Å². The number of methoxy groups -OCH3 is 2. The maximum Gasteiger partial charge on any atom is 0.259 e. The summed E-state index contributed by atoms with van der Waals surface area (Å²) in [4.78, 5) is 17.3. The summed E-state index contributed by atoms with van der Waals surface area (Å²) in [6.07, 6.45) is 0. The minimum absolute atomic E-state index is 0.252. The molecule has 0 aliphatic rings. The number of nitrogens with one attached hydrogen (secondary N) is 1. The van der Waals surface area contributed by atoms with E-state index >= 15 is 0 Å². The number of aryl methyl sites for hydroxylation is 1. The number of ether oxygens (including phenoxy) is 2. The van der Waals surface area contributed by atoms with Crippen molar-refractivity contribution in [2.24, 2.45) is 0 Å². The first-order valence-corrected chi connectivity index (χ1v) is 9.99. The molecule has 0 aliphatic carbocycles. The molecule has 0 aliphatic heterocycles. The topological polar surface area (TPSA) is 73.6 Å². The molecule has 0 fully saturated rings. The predicted octanol–water partition coefficient (Wildman–Crippen LogP) is 5.84. The number of aromatic nitrogens is 1. The van der Waals surface area contributed by atoms with Crippen molar-refractivity contribution in [2.45, 2.75) is 6.92 Å². The van der Waals surface area contributed by atoms with Gasteiger partial charge in [-0.1, -0.05) is 12.1 Å². The molecule has 4 rings (SSSR count). The number of hydrogen-bond acceptors (Lipinski definition) is 5. The fraction of sp³-hybridized carbons (Fsp3) is 0.130. The summed E-state index contributed by atoms with van der Waals surface area (Å²) in [5.41, 5.74) is 4.07. The SMILES string of the molecule is COc1ccc(-c2nc3cc(NC(=O)c4cccc(C)c4OC)ccc3o2)cc1Br. The zero-order valence-corrected chi connectivity index (χ0v) is 18.2. The van der Waals surface area contributed by atoms with Gasteiger partial charge in [-0.3, -0.25) is 4.79 Å². The van der Waals surface area contributed by atoms with Gasteiger partial charge in [-0.25, -0.2) is 4.98 Å². The lowest BCUT2D eigenvalue weighted by Crippen LogP contribution is -2.13. The summed E-state index contributed by atoms with van der Waals surface area (Å²) in [7, 11) is 3.17. The molecule has 3 aromatic carbocycles. The number of amides is 1. The van der Waals surface area contributed by atoms with E-state index in [1.54, 1.807) is 38.5 Å². The van der Waals surface area contributed by atoms with E-state index in [2.05, 4.69) is 26.2 Å². The number of carbonyl (C=O) groups is 1. The van der Waals surface area contributed by atoms with Gasteiger partial charge in [0.15, 0.2) is 5.58 Å². The summed E-state index contributed by atoms with van der Waals surface area (Å²) in [6.45, 7) is 1.90. The van der Waals surface area contributed by atoms with Crippen molar-refractivity contribution in [1.82, 2.24) is 4.98 Å². The minimum Gasteiger partial charge on any atom is -0.496 e. The predicted molar refractivity (Wildman–Crippen MR) is 119 cm³/mol. The smallest absolute Gasteiger partial charge is 0.259 e. The van der Waals surface area contributed by atoms with Crippen molar-refractivity contribution in [3.63, 3.8) is 0 Å². The maximum atomic E-state index is 12.8. The first-order chi connectivity index (χ1) is 14.5. The third kappa shape index (κ3) is 3.76. The fourth-order valence-electron chi connectivity index (χ4n) is 3.23. The molecule has 0 spiro atoms. The summed E-state index contributed by atoms with van der Waals surface area (Å²) < 4.78 is 17.3. The van der Waals surface area contributed by atoms with Gasteiger partial charge in [0, 0.05) is 11.3 Å². The normalized spacial score (nSPS) is 10.8. The largest absolute Gasteiger partial charge is 0.496 e. The maximum absolute atomic E-state index is 12.8.